The Balaban J connectivity index is 0.841. The maximum Gasteiger partial charge on any atom is -0.00203 e. The average Bonchev–Trinajstić information content (AvgIpc) is 3.39. The summed E-state index contributed by atoms with van der Waals surface area (Å²) < 4.78 is 0. The molecule has 0 spiro atoms. The second kappa shape index (κ2) is 14.5. The van der Waals surface area contributed by atoms with Gasteiger partial charge in [-0.15, -0.1) is 0 Å². The topological polar surface area (TPSA) is 0 Å². The van der Waals surface area contributed by atoms with Crippen LogP contribution in [0.5, 0.6) is 0 Å². The van der Waals surface area contributed by atoms with E-state index in [0.717, 1.165) is 0 Å². The van der Waals surface area contributed by atoms with E-state index in [0.29, 0.717) is 0 Å². The molecule has 0 aliphatic rings. The van der Waals surface area contributed by atoms with E-state index in [1.807, 2.05) is 0 Å². The Bertz CT molecular complexity index is 4160. The van der Waals surface area contributed by atoms with Crippen molar-refractivity contribution >= 4 is 75.4 Å². The van der Waals surface area contributed by atoms with Crippen molar-refractivity contribution in [2.45, 2.75) is 0 Å². The predicted octanol–water partition coefficient (Wildman–Crippen LogP) is 18.6. The van der Waals surface area contributed by atoms with E-state index >= 15 is 0 Å². The Morgan fingerprint density at radius 1 is 0.152 bits per heavy atom. The van der Waals surface area contributed by atoms with E-state index in [1.54, 1.807) is 0 Å². The minimum atomic E-state index is 1.20. The van der Waals surface area contributed by atoms with Crippen molar-refractivity contribution in [2.24, 2.45) is 0 Å². The summed E-state index contributed by atoms with van der Waals surface area (Å²) in [5.74, 6) is 0. The van der Waals surface area contributed by atoms with Crippen LogP contribution in [0.25, 0.3) is 142 Å². The van der Waals surface area contributed by atoms with Gasteiger partial charge in [0.1, 0.15) is 0 Å². The third-order valence-electron chi connectivity index (χ3n) is 14.4. The molecule has 0 unspecified atom stereocenters. The summed E-state index contributed by atoms with van der Waals surface area (Å²) in [6.07, 6.45) is 0. The van der Waals surface area contributed by atoms with Crippen molar-refractivity contribution in [1.82, 2.24) is 0 Å². The molecular formula is C66H40. The molecule has 0 nitrogen and oxygen atoms in total. The van der Waals surface area contributed by atoms with Crippen LogP contribution >= 0.6 is 0 Å². The molecule has 0 heteroatoms. The fourth-order valence-corrected chi connectivity index (χ4v) is 11.1. The molecule has 304 valence electrons. The maximum absolute atomic E-state index is 2.36. The molecule has 0 aliphatic heterocycles. The molecule has 0 fully saturated rings. The quantitative estimate of drug-likeness (QED) is 0.146. The van der Waals surface area contributed by atoms with Gasteiger partial charge in [-0.2, -0.15) is 0 Å². The van der Waals surface area contributed by atoms with Crippen LogP contribution in [-0.4, -0.2) is 0 Å². The van der Waals surface area contributed by atoms with Crippen LogP contribution in [0, 0.1) is 0 Å². The Kier molecular flexibility index (Phi) is 8.08. The molecule has 66 heavy (non-hydrogen) atoms. The van der Waals surface area contributed by atoms with Gasteiger partial charge in [-0.05, 0) is 166 Å². The SMILES string of the molecule is c1ccc(-c2cc(-c3ccc(-c4ccc5ccc6cccc7ccc4c5c67)cc3)cc(-c3ccc(-c4ccc5ccc6c(-c7ccc8ccccc8c7)ccc7ccc4c5c76)cc3)c2)cc1. The summed E-state index contributed by atoms with van der Waals surface area (Å²) in [6, 6.07) is 90.4. The van der Waals surface area contributed by atoms with Crippen LogP contribution in [0.4, 0.5) is 0 Å². The molecule has 0 saturated heterocycles. The second-order valence-corrected chi connectivity index (χ2v) is 18.0. The Morgan fingerprint density at radius 2 is 0.485 bits per heavy atom. The van der Waals surface area contributed by atoms with Crippen LogP contribution in [0.15, 0.2) is 243 Å². The third kappa shape index (κ3) is 5.79. The van der Waals surface area contributed by atoms with E-state index in [4.69, 9.17) is 0 Å². The Hall–Kier alpha value is -8.58. The second-order valence-electron chi connectivity index (χ2n) is 18.0. The summed E-state index contributed by atoms with van der Waals surface area (Å²) >= 11 is 0. The lowest BCUT2D eigenvalue weighted by Gasteiger charge is -2.17. The minimum absolute atomic E-state index is 1.20. The highest BCUT2D eigenvalue weighted by atomic mass is 14.2. The predicted molar refractivity (Wildman–Crippen MR) is 284 cm³/mol. The summed E-state index contributed by atoms with van der Waals surface area (Å²) in [5.41, 5.74) is 14.7. The van der Waals surface area contributed by atoms with Crippen molar-refractivity contribution in [3.8, 4) is 66.8 Å². The zero-order chi connectivity index (χ0) is 43.3. The fourth-order valence-electron chi connectivity index (χ4n) is 11.1. The van der Waals surface area contributed by atoms with Crippen LogP contribution in [0.1, 0.15) is 0 Å². The molecule has 0 amide bonds. The van der Waals surface area contributed by atoms with Crippen LogP contribution in [-0.2, 0) is 0 Å². The first-order valence-corrected chi connectivity index (χ1v) is 23.0. The van der Waals surface area contributed by atoms with Gasteiger partial charge in [0.2, 0.25) is 0 Å². The van der Waals surface area contributed by atoms with Gasteiger partial charge < -0.3 is 0 Å². The lowest BCUT2D eigenvalue weighted by Crippen LogP contribution is -1.90. The van der Waals surface area contributed by atoms with Crippen molar-refractivity contribution in [3.63, 3.8) is 0 Å². The van der Waals surface area contributed by atoms with Crippen molar-refractivity contribution in [2.75, 3.05) is 0 Å². The lowest BCUT2D eigenvalue weighted by molar-refractivity contribution is 1.56. The Labute approximate surface area is 383 Å². The Morgan fingerprint density at radius 3 is 1.00 bits per heavy atom. The van der Waals surface area contributed by atoms with Crippen molar-refractivity contribution in [3.05, 3.63) is 243 Å². The zero-order valence-corrected chi connectivity index (χ0v) is 36.1. The number of hydrogen-bond donors (Lipinski definition) is 0. The van der Waals surface area contributed by atoms with Crippen LogP contribution in [0.3, 0.4) is 0 Å². The molecule has 14 aromatic carbocycles. The molecule has 14 aromatic rings. The van der Waals surface area contributed by atoms with Crippen LogP contribution < -0.4 is 0 Å². The minimum Gasteiger partial charge on any atom is -0.0622 e. The van der Waals surface area contributed by atoms with E-state index in [1.165, 1.54) is 142 Å². The zero-order valence-electron chi connectivity index (χ0n) is 36.1. The number of fused-ring (bicyclic) bond motifs is 1. The van der Waals surface area contributed by atoms with Gasteiger partial charge in [-0.25, -0.2) is 0 Å². The first kappa shape index (κ1) is 36.9. The largest absolute Gasteiger partial charge is 0.0622 e. The lowest BCUT2D eigenvalue weighted by atomic mass is 9.86. The molecule has 0 radical (unpaired) electrons. The first-order valence-electron chi connectivity index (χ1n) is 23.0. The summed E-state index contributed by atoms with van der Waals surface area (Å²) in [4.78, 5) is 0. The van der Waals surface area contributed by atoms with E-state index in [-0.39, 0.29) is 0 Å². The van der Waals surface area contributed by atoms with E-state index in [9.17, 15) is 0 Å². The van der Waals surface area contributed by atoms with Gasteiger partial charge in [0.05, 0.1) is 0 Å². The molecule has 0 atom stereocenters. The molecular weight excluding hydrogens is 793 g/mol. The first-order chi connectivity index (χ1) is 32.7. The van der Waals surface area contributed by atoms with Gasteiger partial charge in [-0.1, -0.05) is 218 Å². The normalized spacial score (nSPS) is 11.9. The van der Waals surface area contributed by atoms with Gasteiger partial charge >= 0.3 is 0 Å². The monoisotopic (exact) mass is 832 g/mol. The molecule has 0 aromatic heterocycles. The molecule has 0 aliphatic carbocycles. The van der Waals surface area contributed by atoms with Crippen molar-refractivity contribution in [1.29, 1.82) is 0 Å². The number of hydrogen-bond acceptors (Lipinski definition) is 0. The highest BCUT2D eigenvalue weighted by molar-refractivity contribution is 6.28. The molecule has 14 rings (SSSR count). The van der Waals surface area contributed by atoms with Gasteiger partial charge in [0, 0.05) is 0 Å². The molecule has 0 N–H and O–H groups in total. The smallest absolute Gasteiger partial charge is 0.00203 e. The summed E-state index contributed by atoms with van der Waals surface area (Å²) in [5, 5.41) is 18.2. The molecule has 0 heterocycles. The van der Waals surface area contributed by atoms with Gasteiger partial charge in [0.15, 0.2) is 0 Å². The third-order valence-corrected chi connectivity index (χ3v) is 14.4. The number of benzene rings is 14. The molecule has 0 bridgehead atoms. The standard InChI is InChI=1S/C66H40/c1-2-7-41(8-3-1)54-38-55(43-13-18-45(19-14-43)57-31-25-49-23-22-47-11-6-12-48-28-34-60(57)64(49)63(47)48)40-56(39-54)44-15-20-46(21-16-44)58-32-26-50-30-36-62-59(33-27-51-29-35-61(58)65(50)66(51)62)53-24-17-42-9-4-5-10-52(42)37-53/h1-40H. The highest BCUT2D eigenvalue weighted by Crippen LogP contribution is 2.44. The maximum atomic E-state index is 2.36. The average molecular weight is 833 g/mol. The van der Waals surface area contributed by atoms with Gasteiger partial charge in [0.25, 0.3) is 0 Å². The fraction of sp³-hybridized carbons (Fsp3) is 0. The molecule has 0 saturated carbocycles. The van der Waals surface area contributed by atoms with Crippen LogP contribution in [0.2, 0.25) is 0 Å². The van der Waals surface area contributed by atoms with E-state index < -0.39 is 0 Å². The summed E-state index contributed by atoms with van der Waals surface area (Å²) in [6.45, 7) is 0. The van der Waals surface area contributed by atoms with E-state index in [2.05, 4.69) is 243 Å². The highest BCUT2D eigenvalue weighted by Gasteiger charge is 2.17. The summed E-state index contributed by atoms with van der Waals surface area (Å²) in [7, 11) is 0. The van der Waals surface area contributed by atoms with Crippen molar-refractivity contribution < 1.29 is 0 Å². The van der Waals surface area contributed by atoms with Gasteiger partial charge in [-0.3, -0.25) is 0 Å². The number of rotatable bonds is 6.